The van der Waals surface area contributed by atoms with Gasteiger partial charge in [0, 0.05) is 17.6 Å². The maximum atomic E-state index is 14.1. The van der Waals surface area contributed by atoms with Crippen molar-refractivity contribution >= 4 is 17.4 Å². The summed E-state index contributed by atoms with van der Waals surface area (Å²) in [5.74, 6) is -1.67. The van der Waals surface area contributed by atoms with Gasteiger partial charge in [-0.3, -0.25) is 19.7 Å². The Hall–Kier alpha value is -3.34. The zero-order valence-corrected chi connectivity index (χ0v) is 22.5. The fourth-order valence-corrected chi connectivity index (χ4v) is 3.15. The van der Waals surface area contributed by atoms with Crippen LogP contribution in [0.3, 0.4) is 0 Å². The highest BCUT2D eigenvalue weighted by atomic mass is 19.4. The molecule has 0 atom stereocenters. The fraction of sp³-hybridized carbons (Fsp3) is 0.481. The van der Waals surface area contributed by atoms with Crippen molar-refractivity contribution in [3.63, 3.8) is 0 Å². The van der Waals surface area contributed by atoms with Crippen LogP contribution >= 0.6 is 0 Å². The van der Waals surface area contributed by atoms with Crippen molar-refractivity contribution in [2.45, 2.75) is 66.5 Å². The SMILES string of the molecule is C=C(C)/C=C(\C)C(F)(F)F.C=C(C)COC(=O)C1(Cc2cc(CC(=O)CN)c(F)cc2[N+](=O)[O-])CC1.CC. The average Bonchev–Trinajstić information content (AvgIpc) is 3.60. The minimum Gasteiger partial charge on any atom is -0.461 e. The first-order valence-electron chi connectivity index (χ1n) is 11.9. The smallest absolute Gasteiger partial charge is 0.412 e. The largest absolute Gasteiger partial charge is 0.461 e. The van der Waals surface area contributed by atoms with Crippen LogP contribution in [0.5, 0.6) is 0 Å². The van der Waals surface area contributed by atoms with Crippen LogP contribution < -0.4 is 5.73 Å². The van der Waals surface area contributed by atoms with Crippen LogP contribution in [0.25, 0.3) is 0 Å². The summed E-state index contributed by atoms with van der Waals surface area (Å²) in [7, 11) is 0. The Bertz CT molecular complexity index is 1070. The number of alkyl halides is 3. The van der Waals surface area contributed by atoms with Crippen LogP contribution in [-0.2, 0) is 27.2 Å². The maximum absolute atomic E-state index is 14.1. The number of esters is 1. The van der Waals surface area contributed by atoms with E-state index in [0.29, 0.717) is 24.0 Å². The standard InChI is InChI=1S/C18H21FN2O5.C7H9F3.C2H6/c1-11(2)10-26-17(23)18(3-4-18)8-13-5-12(6-14(22)9-20)15(19)7-16(13)21(24)25;1-5(2)4-6(3)7(8,9)10;1-2/h5,7H,1,3-4,6,8-10,20H2,2H3;4H,1H2,2-3H3;1-2H3/b;6-4+;. The molecule has 2 rings (SSSR count). The summed E-state index contributed by atoms with van der Waals surface area (Å²) < 4.78 is 54.4. The number of ketones is 1. The molecule has 212 valence electrons. The minimum absolute atomic E-state index is 0.0344. The van der Waals surface area contributed by atoms with Gasteiger partial charge in [0.05, 0.1) is 22.9 Å². The monoisotopic (exact) mass is 544 g/mol. The zero-order chi connectivity index (χ0) is 29.8. The Kier molecular flexibility index (Phi) is 13.8. The number of nitro groups is 1. The van der Waals surface area contributed by atoms with Gasteiger partial charge in [-0.15, -0.1) is 0 Å². The van der Waals surface area contributed by atoms with Crippen molar-refractivity contribution in [3.8, 4) is 0 Å². The second-order valence-corrected chi connectivity index (χ2v) is 8.91. The highest BCUT2D eigenvalue weighted by molar-refractivity contribution is 5.83. The van der Waals surface area contributed by atoms with E-state index in [1.54, 1.807) is 6.92 Å². The first-order chi connectivity index (χ1) is 17.5. The number of nitro benzene ring substituents is 1. The second-order valence-electron chi connectivity index (χ2n) is 8.91. The molecule has 0 saturated heterocycles. The first-order valence-corrected chi connectivity index (χ1v) is 11.9. The Labute approximate surface area is 220 Å². The van der Waals surface area contributed by atoms with Gasteiger partial charge in [0.1, 0.15) is 12.4 Å². The molecule has 0 aliphatic heterocycles. The highest BCUT2D eigenvalue weighted by Crippen LogP contribution is 2.50. The van der Waals surface area contributed by atoms with Crippen molar-refractivity contribution < 1.29 is 36.8 Å². The molecule has 2 N–H and O–H groups in total. The second kappa shape index (κ2) is 15.2. The van der Waals surface area contributed by atoms with Gasteiger partial charge >= 0.3 is 12.1 Å². The Morgan fingerprint density at radius 2 is 1.71 bits per heavy atom. The van der Waals surface area contributed by atoms with Crippen LogP contribution in [0, 0.1) is 21.3 Å². The summed E-state index contributed by atoms with van der Waals surface area (Å²) in [5.41, 5.74) is 4.72. The number of Topliss-reactive ketones (excluding diaryl/α,β-unsaturated/α-hetero) is 1. The van der Waals surface area contributed by atoms with Gasteiger partial charge in [0.2, 0.25) is 0 Å². The lowest BCUT2D eigenvalue weighted by Crippen LogP contribution is -2.23. The summed E-state index contributed by atoms with van der Waals surface area (Å²) in [4.78, 5) is 34.4. The van der Waals surface area contributed by atoms with Crippen LogP contribution in [0.1, 0.15) is 58.6 Å². The maximum Gasteiger partial charge on any atom is 0.412 e. The van der Waals surface area contributed by atoms with Crippen molar-refractivity contribution in [3.05, 3.63) is 75.1 Å². The van der Waals surface area contributed by atoms with E-state index < -0.39 is 39.6 Å². The molecule has 1 aliphatic carbocycles. The number of nitrogens with zero attached hydrogens (tertiary/aromatic N) is 1. The van der Waals surface area contributed by atoms with E-state index in [2.05, 4.69) is 13.2 Å². The van der Waals surface area contributed by atoms with E-state index in [4.69, 9.17) is 10.5 Å². The molecule has 1 aromatic carbocycles. The number of rotatable bonds is 10. The van der Waals surface area contributed by atoms with E-state index >= 15 is 0 Å². The summed E-state index contributed by atoms with van der Waals surface area (Å²) in [5, 5.41) is 11.3. The lowest BCUT2D eigenvalue weighted by atomic mass is 9.93. The molecule has 0 bridgehead atoms. The Morgan fingerprint density at radius 3 is 2.08 bits per heavy atom. The third-order valence-corrected chi connectivity index (χ3v) is 5.23. The molecule has 7 nitrogen and oxygen atoms in total. The first kappa shape index (κ1) is 34.7. The van der Waals surface area contributed by atoms with Crippen molar-refractivity contribution in [2.75, 3.05) is 13.2 Å². The van der Waals surface area contributed by atoms with Crippen LogP contribution in [-0.4, -0.2) is 36.0 Å². The summed E-state index contributed by atoms with van der Waals surface area (Å²) >= 11 is 0. The topological polar surface area (TPSA) is 113 Å². The molecule has 1 aromatic rings. The van der Waals surface area contributed by atoms with Gasteiger partial charge in [-0.25, -0.2) is 4.39 Å². The summed E-state index contributed by atoms with van der Waals surface area (Å²) in [6.45, 7) is 15.1. The Morgan fingerprint density at radius 1 is 1.16 bits per heavy atom. The van der Waals surface area contributed by atoms with E-state index in [1.165, 1.54) is 13.0 Å². The molecule has 0 amide bonds. The van der Waals surface area contributed by atoms with E-state index in [1.807, 2.05) is 13.8 Å². The van der Waals surface area contributed by atoms with Crippen LogP contribution in [0.15, 0.2) is 48.1 Å². The number of hydrogen-bond acceptors (Lipinski definition) is 6. The molecule has 0 spiro atoms. The fourth-order valence-electron chi connectivity index (χ4n) is 3.15. The Balaban J connectivity index is 0.000000962. The third-order valence-electron chi connectivity index (χ3n) is 5.23. The summed E-state index contributed by atoms with van der Waals surface area (Å²) in [6.07, 6.45) is -2.32. The van der Waals surface area contributed by atoms with Gasteiger partial charge in [-0.2, -0.15) is 13.2 Å². The predicted molar refractivity (Wildman–Crippen MR) is 138 cm³/mol. The average molecular weight is 545 g/mol. The van der Waals surface area contributed by atoms with Gasteiger partial charge in [0.25, 0.3) is 5.69 Å². The van der Waals surface area contributed by atoms with Gasteiger partial charge < -0.3 is 10.5 Å². The minimum atomic E-state index is -4.21. The molecular formula is C27H36F4N2O5. The van der Waals surface area contributed by atoms with Crippen molar-refractivity contribution in [1.82, 2.24) is 0 Å². The number of carbonyl (C=O) groups is 2. The molecule has 1 saturated carbocycles. The van der Waals surface area contributed by atoms with Crippen molar-refractivity contribution in [2.24, 2.45) is 11.1 Å². The normalized spacial score (nSPS) is 13.7. The number of hydrogen-bond donors (Lipinski definition) is 1. The van der Waals surface area contributed by atoms with Gasteiger partial charge in [-0.05, 0) is 57.2 Å². The van der Waals surface area contributed by atoms with Crippen LogP contribution in [0.4, 0.5) is 23.2 Å². The van der Waals surface area contributed by atoms with Crippen molar-refractivity contribution in [1.29, 1.82) is 0 Å². The summed E-state index contributed by atoms with van der Waals surface area (Å²) in [6, 6.07) is 2.08. The molecular weight excluding hydrogens is 508 g/mol. The number of nitrogens with two attached hydrogens (primary N) is 1. The van der Waals surface area contributed by atoms with Gasteiger partial charge in [-0.1, -0.05) is 38.7 Å². The number of carbonyl (C=O) groups excluding carboxylic acids is 2. The molecule has 0 unspecified atom stereocenters. The quantitative estimate of drug-likeness (QED) is 0.0918. The number of halogens is 4. The van der Waals surface area contributed by atoms with E-state index in [-0.39, 0.29) is 42.9 Å². The molecule has 38 heavy (non-hydrogen) atoms. The number of allylic oxidation sites excluding steroid dienone is 3. The van der Waals surface area contributed by atoms with Gasteiger partial charge in [0.15, 0.2) is 5.78 Å². The molecule has 1 aliphatic rings. The molecule has 1 fully saturated rings. The number of benzene rings is 1. The molecule has 0 radical (unpaired) electrons. The van der Waals surface area contributed by atoms with E-state index in [0.717, 1.165) is 19.1 Å². The lowest BCUT2D eigenvalue weighted by molar-refractivity contribution is -0.385. The van der Waals surface area contributed by atoms with E-state index in [9.17, 15) is 37.3 Å². The lowest BCUT2D eigenvalue weighted by Gasteiger charge is -2.15. The molecule has 0 aromatic heterocycles. The number of ether oxygens (including phenoxy) is 1. The van der Waals surface area contributed by atoms with Crippen LogP contribution in [0.2, 0.25) is 0 Å². The zero-order valence-electron chi connectivity index (χ0n) is 22.5. The molecule has 11 heteroatoms. The third kappa shape index (κ3) is 11.4. The highest BCUT2D eigenvalue weighted by Gasteiger charge is 2.52. The molecule has 0 heterocycles. The predicted octanol–water partition coefficient (Wildman–Crippen LogP) is 6.34.